The van der Waals surface area contributed by atoms with Gasteiger partial charge in [0.25, 0.3) is 0 Å². The van der Waals surface area contributed by atoms with E-state index in [-0.39, 0.29) is 25.4 Å². The molecule has 6 rings (SSSR count). The predicted molar refractivity (Wildman–Crippen MR) is 128 cm³/mol. The van der Waals surface area contributed by atoms with Gasteiger partial charge in [-0.1, -0.05) is 11.2 Å². The van der Waals surface area contributed by atoms with Crippen molar-refractivity contribution in [3.63, 3.8) is 0 Å². The van der Waals surface area contributed by atoms with E-state index in [0.29, 0.717) is 45.9 Å². The fourth-order valence-corrected chi connectivity index (χ4v) is 4.14. The number of nitrogens with one attached hydrogen (secondary N) is 1. The van der Waals surface area contributed by atoms with E-state index < -0.39 is 6.10 Å². The van der Waals surface area contributed by atoms with Crippen molar-refractivity contribution in [1.29, 1.82) is 0 Å². The smallest absolute Gasteiger partial charge is 0.225 e. The van der Waals surface area contributed by atoms with Gasteiger partial charge in [-0.25, -0.2) is 9.97 Å². The minimum Gasteiger partial charge on any atom is -0.455 e. The molecule has 0 radical (unpaired) electrons. The van der Waals surface area contributed by atoms with Crippen molar-refractivity contribution < 1.29 is 19.2 Å². The molecule has 1 aliphatic rings. The first-order chi connectivity index (χ1) is 17.5. The fourth-order valence-electron chi connectivity index (χ4n) is 4.14. The number of nitrogens with zero attached hydrogens (tertiary/aromatic N) is 6. The summed E-state index contributed by atoms with van der Waals surface area (Å²) in [4.78, 5) is 34.9. The number of fused-ring (bicyclic) bond motifs is 1. The van der Waals surface area contributed by atoms with Crippen LogP contribution in [0.4, 0.5) is 0 Å². The van der Waals surface area contributed by atoms with Crippen molar-refractivity contribution in [2.75, 3.05) is 6.54 Å². The molecular formula is C25H21N7O4. The van der Waals surface area contributed by atoms with Crippen LogP contribution in [0.5, 0.6) is 11.5 Å². The first-order valence-corrected chi connectivity index (χ1v) is 11.4. The number of H-pyrrole nitrogens is 1. The molecule has 0 saturated carbocycles. The van der Waals surface area contributed by atoms with E-state index >= 15 is 0 Å². The number of aliphatic hydroxyl groups excluding tert-OH is 1. The number of imidazole rings is 1. The Morgan fingerprint density at radius 1 is 1.17 bits per heavy atom. The Hall–Kier alpha value is -4.64. The highest BCUT2D eigenvalue weighted by molar-refractivity contribution is 5.82. The van der Waals surface area contributed by atoms with Gasteiger partial charge in [0.1, 0.15) is 22.9 Å². The van der Waals surface area contributed by atoms with Crippen LogP contribution in [0.3, 0.4) is 0 Å². The van der Waals surface area contributed by atoms with Crippen LogP contribution < -0.4 is 4.74 Å². The van der Waals surface area contributed by atoms with E-state index in [1.807, 2.05) is 30.3 Å². The Labute approximate surface area is 204 Å². The van der Waals surface area contributed by atoms with Gasteiger partial charge in [-0.3, -0.25) is 9.78 Å². The van der Waals surface area contributed by atoms with Gasteiger partial charge in [0.15, 0.2) is 5.82 Å². The minimum absolute atomic E-state index is 0.103. The number of likely N-dealkylation sites (tertiary alicyclic amines) is 1. The zero-order valence-electron chi connectivity index (χ0n) is 19.3. The fraction of sp³-hybridized carbons (Fsp3) is 0.200. The molecule has 5 heterocycles. The number of benzene rings is 1. The van der Waals surface area contributed by atoms with Crippen molar-refractivity contribution in [1.82, 2.24) is 35.0 Å². The monoisotopic (exact) mass is 483 g/mol. The van der Waals surface area contributed by atoms with E-state index in [1.54, 1.807) is 36.4 Å². The van der Waals surface area contributed by atoms with Crippen molar-refractivity contribution in [2.24, 2.45) is 0 Å². The summed E-state index contributed by atoms with van der Waals surface area (Å²) in [6.45, 7) is 2.27. The van der Waals surface area contributed by atoms with Crippen molar-refractivity contribution in [3.8, 4) is 34.5 Å². The van der Waals surface area contributed by atoms with Crippen LogP contribution >= 0.6 is 0 Å². The zero-order chi connectivity index (χ0) is 24.6. The average Bonchev–Trinajstić information content (AvgIpc) is 3.58. The third kappa shape index (κ3) is 4.27. The molecule has 0 aliphatic carbocycles. The third-order valence-corrected chi connectivity index (χ3v) is 5.85. The van der Waals surface area contributed by atoms with Crippen LogP contribution in [-0.4, -0.2) is 58.6 Å². The number of aryl methyl sites for hydroxylation is 1. The number of aromatic nitrogens is 6. The number of carbonyl (C=O) groups is 1. The lowest BCUT2D eigenvalue weighted by atomic mass is 10.1. The van der Waals surface area contributed by atoms with Crippen molar-refractivity contribution in [3.05, 3.63) is 66.3 Å². The summed E-state index contributed by atoms with van der Waals surface area (Å²) < 4.78 is 11.2. The molecule has 0 bridgehead atoms. The molecule has 1 aromatic carbocycles. The van der Waals surface area contributed by atoms with Crippen LogP contribution in [0.25, 0.3) is 34.1 Å². The first kappa shape index (κ1) is 21.9. The molecule has 1 unspecified atom stereocenters. The van der Waals surface area contributed by atoms with Crippen LogP contribution in [0.15, 0.2) is 59.4 Å². The molecule has 1 amide bonds. The summed E-state index contributed by atoms with van der Waals surface area (Å²) in [5.41, 5.74) is 3.50. The largest absolute Gasteiger partial charge is 0.455 e. The van der Waals surface area contributed by atoms with Gasteiger partial charge in [0, 0.05) is 37.8 Å². The van der Waals surface area contributed by atoms with Gasteiger partial charge in [-0.2, -0.15) is 4.98 Å². The molecular weight excluding hydrogens is 462 g/mol. The summed E-state index contributed by atoms with van der Waals surface area (Å²) in [6.07, 6.45) is 2.73. The maximum Gasteiger partial charge on any atom is 0.225 e. The number of pyridine rings is 2. The standard InChI is InChI=1S/C25H21N7O4/c1-14-28-25(31-36-14)19-6-5-17(11-27-19)35-22-10-21-20(29-24(30-21)18-4-2-3-7-26-18)8-15(22)12-32-13-16(33)9-23(32)34/h2-8,10-11,16,33H,9,12-13H2,1H3,(H,29,30). The molecule has 1 aliphatic heterocycles. The molecule has 1 saturated heterocycles. The molecule has 1 atom stereocenters. The first-order valence-electron chi connectivity index (χ1n) is 11.4. The lowest BCUT2D eigenvalue weighted by Crippen LogP contribution is -2.25. The summed E-state index contributed by atoms with van der Waals surface area (Å²) in [5.74, 6) is 2.40. The Morgan fingerprint density at radius 3 is 2.78 bits per heavy atom. The van der Waals surface area contributed by atoms with Gasteiger partial charge in [-0.15, -0.1) is 0 Å². The molecule has 1 fully saturated rings. The summed E-state index contributed by atoms with van der Waals surface area (Å²) in [5, 5.41) is 13.8. The Balaban J connectivity index is 1.35. The molecule has 4 aromatic heterocycles. The van der Waals surface area contributed by atoms with Crippen LogP contribution in [-0.2, 0) is 11.3 Å². The van der Waals surface area contributed by atoms with Crippen molar-refractivity contribution in [2.45, 2.75) is 26.0 Å². The second-order valence-corrected chi connectivity index (χ2v) is 8.53. The number of aliphatic hydroxyl groups is 1. The van der Waals surface area contributed by atoms with E-state index in [2.05, 4.69) is 30.1 Å². The maximum absolute atomic E-state index is 12.4. The van der Waals surface area contributed by atoms with Crippen LogP contribution in [0.1, 0.15) is 17.9 Å². The summed E-state index contributed by atoms with van der Waals surface area (Å²) in [7, 11) is 0. The molecule has 11 heteroatoms. The third-order valence-electron chi connectivity index (χ3n) is 5.85. The lowest BCUT2D eigenvalue weighted by Gasteiger charge is -2.18. The number of ether oxygens (including phenoxy) is 1. The normalized spacial score (nSPS) is 15.7. The molecule has 0 spiro atoms. The number of rotatable bonds is 6. The highest BCUT2D eigenvalue weighted by atomic mass is 16.5. The Morgan fingerprint density at radius 2 is 2.08 bits per heavy atom. The second-order valence-electron chi connectivity index (χ2n) is 8.53. The molecule has 36 heavy (non-hydrogen) atoms. The predicted octanol–water partition coefficient (Wildman–Crippen LogP) is 3.26. The number of aromatic amines is 1. The molecule has 11 nitrogen and oxygen atoms in total. The quantitative estimate of drug-likeness (QED) is 0.372. The number of β-amino-alcohol motifs (C(OH)–C–C–N with tert-alkyl or cyclic N) is 1. The second kappa shape index (κ2) is 8.86. The average molecular weight is 483 g/mol. The minimum atomic E-state index is -0.668. The number of hydrogen-bond donors (Lipinski definition) is 2. The Kier molecular flexibility index (Phi) is 5.38. The van der Waals surface area contributed by atoms with E-state index in [1.165, 1.54) is 0 Å². The van der Waals surface area contributed by atoms with Crippen molar-refractivity contribution >= 4 is 16.9 Å². The maximum atomic E-state index is 12.4. The van der Waals surface area contributed by atoms with Gasteiger partial charge in [0.05, 0.1) is 29.8 Å². The van der Waals surface area contributed by atoms with Gasteiger partial charge in [-0.05, 0) is 30.3 Å². The van der Waals surface area contributed by atoms with Crippen LogP contribution in [0, 0.1) is 6.92 Å². The van der Waals surface area contributed by atoms with E-state index in [9.17, 15) is 9.90 Å². The van der Waals surface area contributed by atoms with E-state index in [0.717, 1.165) is 11.1 Å². The highest BCUT2D eigenvalue weighted by Crippen LogP contribution is 2.32. The number of amides is 1. The molecule has 180 valence electrons. The van der Waals surface area contributed by atoms with Crippen LogP contribution in [0.2, 0.25) is 0 Å². The SMILES string of the molecule is Cc1nc(-c2ccc(Oc3cc4nc(-c5ccccn5)[nH]c4cc3CN3CC(O)CC3=O)cn2)no1. The van der Waals surface area contributed by atoms with E-state index in [4.69, 9.17) is 9.26 Å². The molecule has 5 aromatic rings. The lowest BCUT2D eigenvalue weighted by molar-refractivity contribution is -0.128. The number of hydrogen-bond acceptors (Lipinski definition) is 9. The summed E-state index contributed by atoms with van der Waals surface area (Å²) in [6, 6.07) is 12.8. The summed E-state index contributed by atoms with van der Waals surface area (Å²) >= 11 is 0. The van der Waals surface area contributed by atoms with Gasteiger partial charge < -0.3 is 24.3 Å². The van der Waals surface area contributed by atoms with Gasteiger partial charge >= 0.3 is 0 Å². The highest BCUT2D eigenvalue weighted by Gasteiger charge is 2.29. The van der Waals surface area contributed by atoms with Gasteiger partial charge in [0.2, 0.25) is 17.6 Å². The number of carbonyl (C=O) groups excluding carboxylic acids is 1. The topological polar surface area (TPSA) is 143 Å². The Bertz CT molecular complexity index is 1550. The molecule has 2 N–H and O–H groups in total. The zero-order valence-corrected chi connectivity index (χ0v) is 19.3.